The summed E-state index contributed by atoms with van der Waals surface area (Å²) in [5, 5.41) is 9.92. The largest absolute Gasteiger partial charge is 0.378 e. The lowest BCUT2D eigenvalue weighted by Crippen LogP contribution is -2.36. The first-order valence-corrected chi connectivity index (χ1v) is 11.4. The molecule has 1 N–H and O–H groups in total. The van der Waals surface area contributed by atoms with Gasteiger partial charge in [0.25, 0.3) is 0 Å². The normalized spacial score (nSPS) is 14.4. The number of pyridine rings is 1. The Morgan fingerprint density at radius 1 is 1.12 bits per heavy atom. The number of benzene rings is 2. The summed E-state index contributed by atoms with van der Waals surface area (Å²) in [7, 11) is 0. The lowest BCUT2D eigenvalue weighted by atomic mass is 10.1. The minimum Gasteiger partial charge on any atom is -0.378 e. The van der Waals surface area contributed by atoms with Gasteiger partial charge in [-0.2, -0.15) is 0 Å². The van der Waals surface area contributed by atoms with Crippen LogP contribution in [0.15, 0.2) is 48.9 Å². The molecule has 6 rings (SSSR count). The van der Waals surface area contributed by atoms with Crippen molar-refractivity contribution >= 4 is 39.2 Å². The van der Waals surface area contributed by atoms with E-state index in [0.717, 1.165) is 64.2 Å². The highest BCUT2D eigenvalue weighted by atomic mass is 35.5. The number of imidazole rings is 1. The molecule has 0 amide bonds. The molecule has 0 atom stereocenters. The predicted octanol–water partition coefficient (Wildman–Crippen LogP) is 4.41. The molecule has 1 aliphatic heterocycles. The van der Waals surface area contributed by atoms with Gasteiger partial charge < -0.3 is 14.6 Å². The fourth-order valence-corrected chi connectivity index (χ4v) is 4.78. The average molecular weight is 460 g/mol. The Morgan fingerprint density at radius 3 is 2.79 bits per heavy atom. The predicted molar refractivity (Wildman–Crippen MR) is 129 cm³/mol. The molecule has 3 aromatic heterocycles. The molecular formula is C24H22ClN7O. The Balaban J connectivity index is 1.68. The molecule has 8 nitrogen and oxygen atoms in total. The third-order valence-electron chi connectivity index (χ3n) is 6.12. The van der Waals surface area contributed by atoms with Gasteiger partial charge in [-0.05, 0) is 24.3 Å². The standard InChI is InChI=1S/C24H22ClN7O/c1-2-21-29-23-17(24-27-14-28-30-24)12-15(31-8-10-33-11-9-31)13-20(23)32(21)19-6-7-26-22-16(19)4-3-5-18(22)25/h3-7,12-14H,2,8-11H2,1H3,(H,27,28,30). The summed E-state index contributed by atoms with van der Waals surface area (Å²) in [5.41, 5.74) is 5.71. The number of aryl methyl sites for hydroxylation is 1. The van der Waals surface area contributed by atoms with Crippen LogP contribution in [-0.4, -0.2) is 56.0 Å². The zero-order valence-corrected chi connectivity index (χ0v) is 18.9. The molecule has 4 heterocycles. The maximum atomic E-state index is 6.48. The summed E-state index contributed by atoms with van der Waals surface area (Å²) in [6.07, 6.45) is 4.17. The second kappa shape index (κ2) is 8.13. The van der Waals surface area contributed by atoms with Gasteiger partial charge in [-0.3, -0.25) is 9.55 Å². The Labute approximate surface area is 195 Å². The molecule has 1 fully saturated rings. The van der Waals surface area contributed by atoms with Crippen LogP contribution in [0.2, 0.25) is 5.02 Å². The fraction of sp³-hybridized carbons (Fsp3) is 0.250. The van der Waals surface area contributed by atoms with Crippen molar-refractivity contribution in [2.45, 2.75) is 13.3 Å². The summed E-state index contributed by atoms with van der Waals surface area (Å²) in [5.74, 6) is 1.66. The molecule has 0 bridgehead atoms. The van der Waals surface area contributed by atoms with Gasteiger partial charge in [0, 0.05) is 42.3 Å². The molecule has 9 heteroatoms. The maximum absolute atomic E-state index is 6.48. The van der Waals surface area contributed by atoms with E-state index in [1.54, 1.807) is 12.5 Å². The van der Waals surface area contributed by atoms with Gasteiger partial charge in [-0.25, -0.2) is 4.98 Å². The second-order valence-corrected chi connectivity index (χ2v) is 8.39. The number of halogens is 1. The highest BCUT2D eigenvalue weighted by Crippen LogP contribution is 2.36. The molecule has 0 unspecified atom stereocenters. The molecule has 33 heavy (non-hydrogen) atoms. The van der Waals surface area contributed by atoms with E-state index in [9.17, 15) is 0 Å². The van der Waals surface area contributed by atoms with E-state index in [1.165, 1.54) is 0 Å². The highest BCUT2D eigenvalue weighted by Gasteiger charge is 2.22. The second-order valence-electron chi connectivity index (χ2n) is 7.98. The van der Waals surface area contributed by atoms with E-state index in [0.29, 0.717) is 24.1 Å². The van der Waals surface area contributed by atoms with Crippen molar-refractivity contribution in [3.05, 3.63) is 59.8 Å². The number of anilines is 1. The van der Waals surface area contributed by atoms with Crippen molar-refractivity contribution in [3.63, 3.8) is 0 Å². The molecule has 1 aliphatic rings. The lowest BCUT2D eigenvalue weighted by molar-refractivity contribution is 0.122. The molecule has 0 radical (unpaired) electrons. The lowest BCUT2D eigenvalue weighted by Gasteiger charge is -2.29. The quantitative estimate of drug-likeness (QED) is 0.428. The van der Waals surface area contributed by atoms with E-state index < -0.39 is 0 Å². The summed E-state index contributed by atoms with van der Waals surface area (Å²) >= 11 is 6.48. The summed E-state index contributed by atoms with van der Waals surface area (Å²) in [4.78, 5) is 15.1. The van der Waals surface area contributed by atoms with Gasteiger partial charge in [0.05, 0.1) is 35.0 Å². The third kappa shape index (κ3) is 3.34. The van der Waals surface area contributed by atoms with E-state index in [-0.39, 0.29) is 0 Å². The third-order valence-corrected chi connectivity index (χ3v) is 6.42. The number of morpholine rings is 1. The molecule has 0 spiro atoms. The number of rotatable bonds is 4. The molecule has 0 saturated carbocycles. The number of para-hydroxylation sites is 1. The van der Waals surface area contributed by atoms with Crippen LogP contribution in [0.25, 0.3) is 39.0 Å². The van der Waals surface area contributed by atoms with Crippen molar-refractivity contribution in [3.8, 4) is 17.1 Å². The van der Waals surface area contributed by atoms with Crippen molar-refractivity contribution < 1.29 is 4.74 Å². The van der Waals surface area contributed by atoms with Crippen molar-refractivity contribution in [2.75, 3.05) is 31.2 Å². The van der Waals surface area contributed by atoms with Crippen LogP contribution in [0.4, 0.5) is 5.69 Å². The average Bonchev–Trinajstić information content (AvgIpc) is 3.52. The zero-order valence-electron chi connectivity index (χ0n) is 18.1. The first kappa shape index (κ1) is 20.1. The summed E-state index contributed by atoms with van der Waals surface area (Å²) in [6.45, 7) is 5.21. The molecular weight excluding hydrogens is 438 g/mol. The minimum atomic E-state index is 0.633. The Morgan fingerprint density at radius 2 is 2.00 bits per heavy atom. The number of H-pyrrole nitrogens is 1. The minimum absolute atomic E-state index is 0.633. The number of nitrogens with one attached hydrogen (secondary N) is 1. The van der Waals surface area contributed by atoms with Crippen LogP contribution in [0.3, 0.4) is 0 Å². The molecule has 5 aromatic rings. The van der Waals surface area contributed by atoms with Gasteiger partial charge in [0.1, 0.15) is 17.7 Å². The number of ether oxygens (including phenoxy) is 1. The number of hydrogen-bond acceptors (Lipinski definition) is 6. The number of fused-ring (bicyclic) bond motifs is 2. The van der Waals surface area contributed by atoms with Crippen LogP contribution in [0.1, 0.15) is 12.7 Å². The Hall–Kier alpha value is -3.49. The van der Waals surface area contributed by atoms with Crippen LogP contribution in [0, 0.1) is 0 Å². The van der Waals surface area contributed by atoms with Crippen LogP contribution in [-0.2, 0) is 11.2 Å². The van der Waals surface area contributed by atoms with E-state index in [1.807, 2.05) is 18.2 Å². The fourth-order valence-electron chi connectivity index (χ4n) is 4.56. The summed E-state index contributed by atoms with van der Waals surface area (Å²) < 4.78 is 7.80. The van der Waals surface area contributed by atoms with E-state index >= 15 is 0 Å². The molecule has 2 aromatic carbocycles. The number of aromatic nitrogens is 6. The van der Waals surface area contributed by atoms with Gasteiger partial charge in [0.2, 0.25) is 0 Å². The number of nitrogens with zero attached hydrogens (tertiary/aromatic N) is 6. The van der Waals surface area contributed by atoms with E-state index in [2.05, 4.69) is 54.8 Å². The zero-order chi connectivity index (χ0) is 22.4. The first-order valence-electron chi connectivity index (χ1n) is 11.0. The summed E-state index contributed by atoms with van der Waals surface area (Å²) in [6, 6.07) is 12.3. The molecule has 1 saturated heterocycles. The van der Waals surface area contributed by atoms with Crippen molar-refractivity contribution in [1.82, 2.24) is 29.7 Å². The topological polar surface area (TPSA) is 84.8 Å². The smallest absolute Gasteiger partial charge is 0.163 e. The van der Waals surface area contributed by atoms with Crippen LogP contribution >= 0.6 is 11.6 Å². The Bertz CT molecular complexity index is 1460. The first-order chi connectivity index (χ1) is 16.2. The van der Waals surface area contributed by atoms with Crippen molar-refractivity contribution in [1.29, 1.82) is 0 Å². The van der Waals surface area contributed by atoms with Crippen LogP contribution < -0.4 is 4.90 Å². The molecule has 0 aliphatic carbocycles. The number of hydrogen-bond donors (Lipinski definition) is 1. The van der Waals surface area contributed by atoms with Gasteiger partial charge in [0.15, 0.2) is 5.82 Å². The Kier molecular flexibility index (Phi) is 4.96. The van der Waals surface area contributed by atoms with Gasteiger partial charge in [-0.15, -0.1) is 10.2 Å². The van der Waals surface area contributed by atoms with Crippen LogP contribution in [0.5, 0.6) is 0 Å². The monoisotopic (exact) mass is 459 g/mol. The van der Waals surface area contributed by atoms with Crippen molar-refractivity contribution in [2.24, 2.45) is 0 Å². The maximum Gasteiger partial charge on any atom is 0.163 e. The van der Waals surface area contributed by atoms with Gasteiger partial charge in [-0.1, -0.05) is 30.7 Å². The number of aromatic amines is 1. The van der Waals surface area contributed by atoms with E-state index in [4.69, 9.17) is 21.3 Å². The highest BCUT2D eigenvalue weighted by molar-refractivity contribution is 6.35. The SMILES string of the molecule is CCc1nc2c(-c3nnc[nH]3)cc(N3CCOCC3)cc2n1-c1ccnc2c(Cl)cccc12. The van der Waals surface area contributed by atoms with Gasteiger partial charge >= 0.3 is 0 Å². The molecule has 166 valence electrons.